The van der Waals surface area contributed by atoms with Crippen molar-refractivity contribution in [2.24, 2.45) is 0 Å². The zero-order valence-corrected chi connectivity index (χ0v) is 18.1. The van der Waals surface area contributed by atoms with Crippen LogP contribution in [0.4, 0.5) is 0 Å². The van der Waals surface area contributed by atoms with Crippen molar-refractivity contribution in [3.8, 4) is 0 Å². The van der Waals surface area contributed by atoms with Gasteiger partial charge < -0.3 is 4.80 Å². The maximum atomic E-state index is 11.2. The lowest BCUT2D eigenvalue weighted by atomic mass is 9.81. The Morgan fingerprint density at radius 1 is 1.13 bits per heavy atom. The van der Waals surface area contributed by atoms with Gasteiger partial charge in [0, 0.05) is 0 Å². The Morgan fingerprint density at radius 2 is 1.57 bits per heavy atom. The molecule has 0 heterocycles. The SMILES string of the molecule is CC(C)(C)[Si](C)(C)O.CCCCC1(OS(C)(=O)=O)CCCCC1. The summed E-state index contributed by atoms with van der Waals surface area (Å²) in [5.74, 6) is 0. The van der Waals surface area contributed by atoms with E-state index in [1.807, 2.05) is 13.1 Å². The van der Waals surface area contributed by atoms with Gasteiger partial charge in [-0.05, 0) is 37.4 Å². The standard InChI is InChI=1S/C11H22O3S.C6H16OSi/c1-3-4-8-11(14-15(2,12)13)9-6-5-7-10-11;1-6(2,3)8(4,5)7/h3-10H2,1-2H3;7H,1-5H3. The molecular formula is C17H38O4SSi. The van der Waals surface area contributed by atoms with E-state index in [2.05, 4.69) is 27.7 Å². The van der Waals surface area contributed by atoms with E-state index in [9.17, 15) is 13.2 Å². The number of hydrogen-bond acceptors (Lipinski definition) is 4. The van der Waals surface area contributed by atoms with Crippen molar-refractivity contribution in [3.05, 3.63) is 0 Å². The summed E-state index contributed by atoms with van der Waals surface area (Å²) >= 11 is 0. The molecule has 4 nitrogen and oxygen atoms in total. The first-order valence-electron chi connectivity index (χ1n) is 8.85. The Bertz CT molecular complexity index is 414. The second-order valence-corrected chi connectivity index (χ2v) is 14.6. The van der Waals surface area contributed by atoms with Gasteiger partial charge in [-0.25, -0.2) is 0 Å². The molecule has 1 aliphatic rings. The maximum absolute atomic E-state index is 11.2. The van der Waals surface area contributed by atoms with Crippen LogP contribution in [0, 0.1) is 0 Å². The predicted octanol–water partition coefficient (Wildman–Crippen LogP) is 4.84. The summed E-state index contributed by atoms with van der Waals surface area (Å²) in [6.07, 6.45) is 9.40. The first-order chi connectivity index (χ1) is 10.2. The number of hydrogen-bond donors (Lipinski definition) is 1. The lowest BCUT2D eigenvalue weighted by Crippen LogP contribution is -2.37. The first-order valence-corrected chi connectivity index (χ1v) is 13.6. The monoisotopic (exact) mass is 366 g/mol. The van der Waals surface area contributed by atoms with Crippen molar-refractivity contribution < 1.29 is 17.4 Å². The molecule has 1 N–H and O–H groups in total. The minimum atomic E-state index is -3.31. The Morgan fingerprint density at radius 3 is 1.87 bits per heavy atom. The zero-order chi connectivity index (χ0) is 18.4. The summed E-state index contributed by atoms with van der Waals surface area (Å²) in [4.78, 5) is 9.49. The molecule has 0 aliphatic heterocycles. The van der Waals surface area contributed by atoms with E-state index in [1.165, 1.54) is 6.42 Å². The van der Waals surface area contributed by atoms with Gasteiger partial charge in [-0.2, -0.15) is 8.42 Å². The number of unbranched alkanes of at least 4 members (excludes halogenated alkanes) is 1. The molecule has 0 amide bonds. The Hall–Kier alpha value is 0.0869. The van der Waals surface area contributed by atoms with E-state index in [1.54, 1.807) is 0 Å². The van der Waals surface area contributed by atoms with Gasteiger partial charge in [0.25, 0.3) is 10.1 Å². The van der Waals surface area contributed by atoms with E-state index in [4.69, 9.17) is 4.18 Å². The van der Waals surface area contributed by atoms with Crippen LogP contribution in [-0.2, 0) is 14.3 Å². The molecule has 0 radical (unpaired) electrons. The molecule has 0 spiro atoms. The van der Waals surface area contributed by atoms with Crippen LogP contribution in [0.1, 0.15) is 79.1 Å². The van der Waals surface area contributed by atoms with Crippen molar-refractivity contribution in [1.29, 1.82) is 0 Å². The molecule has 0 aromatic carbocycles. The van der Waals surface area contributed by atoms with Crippen LogP contribution in [-0.4, -0.2) is 33.4 Å². The Labute approximate surface area is 145 Å². The summed E-state index contributed by atoms with van der Waals surface area (Å²) in [5.41, 5.74) is -0.373. The van der Waals surface area contributed by atoms with E-state index >= 15 is 0 Å². The minimum absolute atomic E-state index is 0.132. The van der Waals surface area contributed by atoms with Gasteiger partial charge in [0.1, 0.15) is 0 Å². The molecule has 0 atom stereocenters. The molecule has 140 valence electrons. The quantitative estimate of drug-likeness (QED) is 0.558. The van der Waals surface area contributed by atoms with Crippen LogP contribution in [0.5, 0.6) is 0 Å². The van der Waals surface area contributed by atoms with Gasteiger partial charge in [-0.1, -0.05) is 59.8 Å². The van der Waals surface area contributed by atoms with Gasteiger partial charge in [-0.15, -0.1) is 0 Å². The molecule has 0 bridgehead atoms. The Balaban J connectivity index is 0.000000515. The lowest BCUT2D eigenvalue weighted by Gasteiger charge is -2.35. The summed E-state index contributed by atoms with van der Waals surface area (Å²) in [6, 6.07) is 0. The van der Waals surface area contributed by atoms with Crippen LogP contribution < -0.4 is 0 Å². The van der Waals surface area contributed by atoms with Crippen LogP contribution in [0.15, 0.2) is 0 Å². The number of rotatable bonds is 5. The fourth-order valence-corrected chi connectivity index (χ4v) is 3.28. The van der Waals surface area contributed by atoms with Crippen molar-refractivity contribution in [3.63, 3.8) is 0 Å². The van der Waals surface area contributed by atoms with E-state index in [0.717, 1.165) is 51.2 Å². The molecule has 6 heteroatoms. The van der Waals surface area contributed by atoms with Crippen molar-refractivity contribution >= 4 is 18.4 Å². The molecule has 1 aliphatic carbocycles. The Kier molecular flexibility index (Phi) is 9.01. The zero-order valence-electron chi connectivity index (χ0n) is 16.2. The highest BCUT2D eigenvalue weighted by molar-refractivity contribution is 7.86. The predicted molar refractivity (Wildman–Crippen MR) is 101 cm³/mol. The molecule has 1 rings (SSSR count). The third kappa shape index (κ3) is 9.84. The van der Waals surface area contributed by atoms with Crippen LogP contribution in [0.2, 0.25) is 18.1 Å². The normalized spacial score (nSPS) is 19.0. The van der Waals surface area contributed by atoms with Crippen molar-refractivity contribution in [2.75, 3.05) is 6.26 Å². The van der Waals surface area contributed by atoms with Gasteiger partial charge in [-0.3, -0.25) is 4.18 Å². The highest BCUT2D eigenvalue weighted by Crippen LogP contribution is 2.37. The van der Waals surface area contributed by atoms with Gasteiger partial charge in [0.05, 0.1) is 11.9 Å². The molecule has 0 aromatic heterocycles. The second-order valence-electron chi connectivity index (χ2n) is 8.44. The maximum Gasteiger partial charge on any atom is 0.264 e. The average Bonchev–Trinajstić information content (AvgIpc) is 2.34. The lowest BCUT2D eigenvalue weighted by molar-refractivity contribution is 0.0275. The highest BCUT2D eigenvalue weighted by atomic mass is 32.2. The highest BCUT2D eigenvalue weighted by Gasteiger charge is 2.35. The largest absolute Gasteiger partial charge is 0.432 e. The van der Waals surface area contributed by atoms with Gasteiger partial charge in [0.2, 0.25) is 0 Å². The van der Waals surface area contributed by atoms with E-state index in [-0.39, 0.29) is 10.6 Å². The molecule has 1 fully saturated rings. The van der Waals surface area contributed by atoms with Crippen LogP contribution in [0.25, 0.3) is 0 Å². The molecule has 0 saturated heterocycles. The first kappa shape index (κ1) is 23.1. The third-order valence-electron chi connectivity index (χ3n) is 4.91. The van der Waals surface area contributed by atoms with Crippen LogP contribution >= 0.6 is 0 Å². The summed E-state index contributed by atoms with van der Waals surface area (Å²) in [6.45, 7) is 12.3. The summed E-state index contributed by atoms with van der Waals surface area (Å²) in [5, 5.41) is 0.132. The minimum Gasteiger partial charge on any atom is -0.432 e. The van der Waals surface area contributed by atoms with Gasteiger partial charge in [0.15, 0.2) is 8.32 Å². The van der Waals surface area contributed by atoms with Crippen LogP contribution in [0.3, 0.4) is 0 Å². The topological polar surface area (TPSA) is 63.6 Å². The average molecular weight is 367 g/mol. The fourth-order valence-electron chi connectivity index (χ4n) is 2.39. The van der Waals surface area contributed by atoms with Crippen molar-refractivity contribution in [1.82, 2.24) is 0 Å². The summed E-state index contributed by atoms with van der Waals surface area (Å²) in [7, 11) is -5.17. The van der Waals surface area contributed by atoms with Crippen molar-refractivity contribution in [2.45, 2.75) is 103 Å². The van der Waals surface area contributed by atoms with E-state index < -0.39 is 18.4 Å². The summed E-state index contributed by atoms with van der Waals surface area (Å²) < 4.78 is 27.8. The smallest absolute Gasteiger partial charge is 0.264 e. The third-order valence-corrected chi connectivity index (χ3v) is 9.24. The molecule has 23 heavy (non-hydrogen) atoms. The second kappa shape index (κ2) is 8.97. The van der Waals surface area contributed by atoms with E-state index in [0.29, 0.717) is 0 Å². The molecular weight excluding hydrogens is 328 g/mol. The van der Waals surface area contributed by atoms with Gasteiger partial charge >= 0.3 is 0 Å². The molecule has 0 aromatic rings. The fraction of sp³-hybridized carbons (Fsp3) is 1.00. The molecule has 0 unspecified atom stereocenters. The molecule has 1 saturated carbocycles.